The number of nitrogens with one attached hydrogen (secondary N) is 1. The maximum atomic E-state index is 12.2. The lowest BCUT2D eigenvalue weighted by Gasteiger charge is -2.15. The molecule has 0 radical (unpaired) electrons. The molecule has 11 heteroatoms. The van der Waals surface area contributed by atoms with Crippen LogP contribution in [0, 0.1) is 0 Å². The summed E-state index contributed by atoms with van der Waals surface area (Å²) < 4.78 is 16.1. The van der Waals surface area contributed by atoms with E-state index in [1.807, 2.05) is 0 Å². The Morgan fingerprint density at radius 3 is 2.26 bits per heavy atom. The number of unbranched alkanes of at least 4 members (excludes halogenated alkanes) is 3. The van der Waals surface area contributed by atoms with Crippen molar-refractivity contribution in [3.63, 3.8) is 0 Å². The lowest BCUT2D eigenvalue weighted by Crippen LogP contribution is -2.34. The molecule has 200 valence electrons. The molecule has 0 spiro atoms. The first-order valence-corrected chi connectivity index (χ1v) is 14.9. The first-order valence-electron chi connectivity index (χ1n) is 12.1. The zero-order valence-corrected chi connectivity index (χ0v) is 24.0. The van der Waals surface area contributed by atoms with Crippen LogP contribution in [-0.4, -0.2) is 97.4 Å². The third-order valence-corrected chi connectivity index (χ3v) is 6.87. The Bertz CT molecular complexity index is 542. The number of alkyl halides is 1. The van der Waals surface area contributed by atoms with E-state index >= 15 is 0 Å². The van der Waals surface area contributed by atoms with Crippen LogP contribution in [0.5, 0.6) is 0 Å². The van der Waals surface area contributed by atoms with Crippen molar-refractivity contribution < 1.29 is 28.6 Å². The molecule has 0 aromatic rings. The van der Waals surface area contributed by atoms with Crippen LogP contribution in [0.3, 0.4) is 0 Å². The first kappa shape index (κ1) is 33.7. The molecule has 1 heterocycles. The second kappa shape index (κ2) is 24.4. The van der Waals surface area contributed by atoms with Crippen molar-refractivity contribution in [3.8, 4) is 0 Å². The Morgan fingerprint density at radius 2 is 1.68 bits per heavy atom. The fraction of sp³-hybridized carbons (Fsp3) is 0.870. The number of carbonyl (C=O) groups is 3. The van der Waals surface area contributed by atoms with Crippen molar-refractivity contribution in [2.75, 3.05) is 69.6 Å². The second-order valence-corrected chi connectivity index (χ2v) is 9.87. The Balaban J connectivity index is 0.00000135. The van der Waals surface area contributed by atoms with Gasteiger partial charge in [0.15, 0.2) is 0 Å². The van der Waals surface area contributed by atoms with Crippen LogP contribution in [0.2, 0.25) is 0 Å². The summed E-state index contributed by atoms with van der Waals surface area (Å²) >= 11 is 8.71. The molecule has 0 saturated carbocycles. The summed E-state index contributed by atoms with van der Waals surface area (Å²) in [6.07, 6.45) is 6.64. The van der Waals surface area contributed by atoms with Crippen LogP contribution in [0.4, 0.5) is 0 Å². The van der Waals surface area contributed by atoms with Crippen molar-refractivity contribution in [2.24, 2.45) is 0 Å². The summed E-state index contributed by atoms with van der Waals surface area (Å²) in [4.78, 5) is 36.3. The lowest BCUT2D eigenvalue weighted by atomic mass is 10.2. The number of rotatable bonds is 20. The van der Waals surface area contributed by atoms with Gasteiger partial charge in [0.05, 0.1) is 56.8 Å². The monoisotopic (exact) mass is 586 g/mol. The minimum absolute atomic E-state index is 0.0698. The van der Waals surface area contributed by atoms with Gasteiger partial charge >= 0.3 is 0 Å². The number of imide groups is 1. The van der Waals surface area contributed by atoms with Gasteiger partial charge in [-0.05, 0) is 24.3 Å². The van der Waals surface area contributed by atoms with E-state index in [0.717, 1.165) is 17.9 Å². The number of amides is 3. The third kappa shape index (κ3) is 18.0. The molecule has 1 unspecified atom stereocenters. The van der Waals surface area contributed by atoms with Crippen LogP contribution in [0.15, 0.2) is 0 Å². The lowest BCUT2D eigenvalue weighted by molar-refractivity contribution is -0.139. The standard InChI is InChI=1S/C17H29BrN2O6S.C6H14S/c1-2-11-27-14-12-16(22)20(17(14)23)4-6-25-8-10-26-9-7-24-5-3-19-15(21)13-18;1-2-3-4-5-6-7/h14H,2-13H2,1H3,(H,19,21);7H,2-6H2,1H3. The highest BCUT2D eigenvalue weighted by Gasteiger charge is 2.38. The minimum atomic E-state index is -0.228. The first-order chi connectivity index (χ1) is 16.5. The number of hydrogen-bond donors (Lipinski definition) is 2. The molecule has 1 aliphatic heterocycles. The van der Waals surface area contributed by atoms with Crippen LogP contribution in [0.25, 0.3) is 0 Å². The predicted molar refractivity (Wildman–Crippen MR) is 145 cm³/mol. The molecule has 8 nitrogen and oxygen atoms in total. The van der Waals surface area contributed by atoms with Crippen molar-refractivity contribution in [1.82, 2.24) is 10.2 Å². The molecule has 34 heavy (non-hydrogen) atoms. The van der Waals surface area contributed by atoms with Crippen molar-refractivity contribution in [3.05, 3.63) is 0 Å². The summed E-state index contributed by atoms with van der Waals surface area (Å²) in [7, 11) is 0. The van der Waals surface area contributed by atoms with E-state index in [1.165, 1.54) is 30.6 Å². The van der Waals surface area contributed by atoms with Gasteiger partial charge in [-0.15, -0.1) is 11.8 Å². The van der Waals surface area contributed by atoms with Gasteiger partial charge in [-0.3, -0.25) is 19.3 Å². The number of thiol groups is 1. The molecule has 1 atom stereocenters. The van der Waals surface area contributed by atoms with E-state index in [0.29, 0.717) is 59.2 Å². The van der Waals surface area contributed by atoms with Gasteiger partial charge in [-0.25, -0.2) is 0 Å². The summed E-state index contributed by atoms with van der Waals surface area (Å²) in [6.45, 7) is 7.49. The number of hydrogen-bond acceptors (Lipinski definition) is 8. The predicted octanol–water partition coefficient (Wildman–Crippen LogP) is 3.31. The number of nitrogens with zero attached hydrogens (tertiary/aromatic N) is 1. The molecule has 1 aliphatic rings. The summed E-state index contributed by atoms with van der Waals surface area (Å²) in [5.74, 6) is 1.67. The molecular formula is C23H43BrN2O6S2. The number of ether oxygens (including phenoxy) is 3. The summed E-state index contributed by atoms with van der Waals surface area (Å²) in [5.41, 5.74) is 0. The van der Waals surface area contributed by atoms with Crippen molar-refractivity contribution >= 4 is 58.0 Å². The van der Waals surface area contributed by atoms with Crippen molar-refractivity contribution in [1.29, 1.82) is 0 Å². The topological polar surface area (TPSA) is 94.2 Å². The summed E-state index contributed by atoms with van der Waals surface area (Å²) in [6, 6.07) is 0. The zero-order valence-electron chi connectivity index (χ0n) is 20.7. The number of carbonyl (C=O) groups excluding carboxylic acids is 3. The van der Waals surface area contributed by atoms with E-state index in [-0.39, 0.29) is 28.3 Å². The Hall–Kier alpha value is -0.330. The van der Waals surface area contributed by atoms with Gasteiger partial charge in [-0.1, -0.05) is 49.0 Å². The molecule has 1 fully saturated rings. The average molecular weight is 588 g/mol. The second-order valence-electron chi connectivity index (χ2n) is 7.55. The smallest absolute Gasteiger partial charge is 0.242 e. The molecule has 1 rings (SSSR count). The van der Waals surface area contributed by atoms with E-state index in [2.05, 4.69) is 47.7 Å². The van der Waals surface area contributed by atoms with E-state index in [4.69, 9.17) is 14.2 Å². The Labute approximate surface area is 223 Å². The number of thioether (sulfide) groups is 1. The van der Waals surface area contributed by atoms with Gasteiger partial charge in [-0.2, -0.15) is 12.6 Å². The van der Waals surface area contributed by atoms with E-state index in [1.54, 1.807) is 11.8 Å². The Kier molecular flexibility index (Phi) is 24.1. The SMILES string of the molecule is CCCCCCS.CCCSC1CC(=O)N(CCOCCOCCOCCNC(=O)CBr)C1=O. The molecule has 1 saturated heterocycles. The fourth-order valence-corrected chi connectivity index (χ4v) is 4.30. The van der Waals surface area contributed by atoms with Crippen LogP contribution < -0.4 is 5.32 Å². The molecule has 0 aromatic heterocycles. The minimum Gasteiger partial charge on any atom is -0.377 e. The fourth-order valence-electron chi connectivity index (χ4n) is 2.82. The number of likely N-dealkylation sites (tertiary alicyclic amines) is 1. The zero-order chi connectivity index (χ0) is 25.4. The van der Waals surface area contributed by atoms with Crippen LogP contribution in [-0.2, 0) is 28.6 Å². The number of halogens is 1. The molecule has 0 aromatic carbocycles. The normalized spacial score (nSPS) is 15.4. The van der Waals surface area contributed by atoms with Gasteiger partial charge in [0, 0.05) is 13.0 Å². The molecule has 3 amide bonds. The maximum Gasteiger partial charge on any atom is 0.242 e. The highest BCUT2D eigenvalue weighted by Crippen LogP contribution is 2.25. The van der Waals surface area contributed by atoms with E-state index in [9.17, 15) is 14.4 Å². The van der Waals surface area contributed by atoms with Crippen molar-refractivity contribution in [2.45, 2.75) is 57.6 Å². The molecular weight excluding hydrogens is 544 g/mol. The highest BCUT2D eigenvalue weighted by molar-refractivity contribution is 9.09. The molecule has 1 N–H and O–H groups in total. The third-order valence-electron chi connectivity index (χ3n) is 4.63. The molecule has 0 aliphatic carbocycles. The largest absolute Gasteiger partial charge is 0.377 e. The van der Waals surface area contributed by atoms with Gasteiger partial charge in [0.1, 0.15) is 0 Å². The van der Waals surface area contributed by atoms with Gasteiger partial charge in [0.2, 0.25) is 17.7 Å². The van der Waals surface area contributed by atoms with Gasteiger partial charge in [0.25, 0.3) is 0 Å². The average Bonchev–Trinajstić information content (AvgIpc) is 3.11. The van der Waals surface area contributed by atoms with Crippen LogP contribution >= 0.6 is 40.3 Å². The maximum absolute atomic E-state index is 12.2. The van der Waals surface area contributed by atoms with Crippen LogP contribution in [0.1, 0.15) is 52.4 Å². The molecule has 0 bridgehead atoms. The van der Waals surface area contributed by atoms with E-state index < -0.39 is 0 Å². The highest BCUT2D eigenvalue weighted by atomic mass is 79.9. The quantitative estimate of drug-likeness (QED) is 0.0977. The van der Waals surface area contributed by atoms with Gasteiger partial charge < -0.3 is 19.5 Å². The summed E-state index contributed by atoms with van der Waals surface area (Å²) in [5, 5.41) is 2.73. The Morgan fingerprint density at radius 1 is 1.03 bits per heavy atom.